The Morgan fingerprint density at radius 2 is 1.23 bits per heavy atom. The van der Waals surface area contributed by atoms with E-state index in [4.69, 9.17) is 0 Å². The summed E-state index contributed by atoms with van der Waals surface area (Å²) < 4.78 is 2.34. The van der Waals surface area contributed by atoms with Crippen molar-refractivity contribution in [2.45, 2.75) is 38.5 Å². The summed E-state index contributed by atoms with van der Waals surface area (Å²) in [7, 11) is 4.36. The number of rotatable bonds is 4. The van der Waals surface area contributed by atoms with E-state index in [9.17, 15) is 0 Å². The Hall–Kier alpha value is -3.44. The summed E-state index contributed by atoms with van der Waals surface area (Å²) in [5.74, 6) is 0. The van der Waals surface area contributed by atoms with Crippen molar-refractivity contribution in [2.75, 3.05) is 19.0 Å². The summed E-state index contributed by atoms with van der Waals surface area (Å²) >= 11 is 0. The SMILES string of the molecule is CN1/C(=C/C=C/C=C/C=C/C2=[N+](C)c3ccc4ccccc4c3C2(C)C)C(C)(C)c2c1ccc1ccccc21.[I-]. The number of halogens is 1. The fraction of sp³-hybridized carbons (Fsp3) is 0.216. The van der Waals surface area contributed by atoms with Gasteiger partial charge in [-0.1, -0.05) is 98.8 Å². The Kier molecular flexibility index (Phi) is 7.39. The van der Waals surface area contributed by atoms with Crippen molar-refractivity contribution in [2.24, 2.45) is 0 Å². The highest BCUT2D eigenvalue weighted by Crippen LogP contribution is 2.50. The molecule has 202 valence electrons. The monoisotopic (exact) mass is 636 g/mol. The normalized spacial score (nSPS) is 18.6. The lowest BCUT2D eigenvalue weighted by Gasteiger charge is -2.24. The zero-order chi connectivity index (χ0) is 27.4. The van der Waals surface area contributed by atoms with E-state index in [2.05, 4.69) is 167 Å². The molecule has 4 aromatic rings. The fourth-order valence-corrected chi connectivity index (χ4v) is 6.87. The average molecular weight is 637 g/mol. The van der Waals surface area contributed by atoms with Crippen LogP contribution in [0.5, 0.6) is 0 Å². The minimum atomic E-state index is -0.0621. The van der Waals surface area contributed by atoms with E-state index in [1.807, 2.05) is 0 Å². The Balaban J connectivity index is 0.00000323. The van der Waals surface area contributed by atoms with E-state index in [1.54, 1.807) is 0 Å². The second kappa shape index (κ2) is 10.5. The zero-order valence-corrected chi connectivity index (χ0v) is 26.4. The Morgan fingerprint density at radius 1 is 0.650 bits per heavy atom. The largest absolute Gasteiger partial charge is 1.00 e. The Morgan fingerprint density at radius 3 is 1.93 bits per heavy atom. The van der Waals surface area contributed by atoms with Crippen molar-refractivity contribution in [3.05, 3.63) is 132 Å². The van der Waals surface area contributed by atoms with Gasteiger partial charge in [0.25, 0.3) is 0 Å². The Bertz CT molecular complexity index is 1780. The van der Waals surface area contributed by atoms with Crippen LogP contribution in [0.2, 0.25) is 0 Å². The third-order valence-electron chi connectivity index (χ3n) is 8.74. The zero-order valence-electron chi connectivity index (χ0n) is 24.2. The number of nitrogens with zero attached hydrogens (tertiary/aromatic N) is 2. The van der Waals surface area contributed by atoms with Crippen LogP contribution >= 0.6 is 0 Å². The maximum absolute atomic E-state index is 2.34. The summed E-state index contributed by atoms with van der Waals surface area (Å²) in [5, 5.41) is 5.29. The number of anilines is 1. The summed E-state index contributed by atoms with van der Waals surface area (Å²) in [4.78, 5) is 2.34. The first-order valence-corrected chi connectivity index (χ1v) is 13.8. The predicted octanol–water partition coefficient (Wildman–Crippen LogP) is 5.98. The van der Waals surface area contributed by atoms with Crippen LogP contribution in [-0.2, 0) is 10.8 Å². The van der Waals surface area contributed by atoms with Crippen molar-refractivity contribution in [1.29, 1.82) is 0 Å². The van der Waals surface area contributed by atoms with Crippen molar-refractivity contribution >= 4 is 38.6 Å². The fourth-order valence-electron chi connectivity index (χ4n) is 6.87. The minimum absolute atomic E-state index is 0. The van der Waals surface area contributed by atoms with E-state index in [1.165, 1.54) is 55.5 Å². The van der Waals surface area contributed by atoms with Gasteiger partial charge in [-0.15, -0.1) is 0 Å². The minimum Gasteiger partial charge on any atom is -1.00 e. The highest BCUT2D eigenvalue weighted by Gasteiger charge is 2.44. The molecule has 0 bridgehead atoms. The van der Waals surface area contributed by atoms with Gasteiger partial charge in [-0.3, -0.25) is 0 Å². The van der Waals surface area contributed by atoms with Crippen LogP contribution < -0.4 is 28.9 Å². The molecule has 2 nitrogen and oxygen atoms in total. The highest BCUT2D eigenvalue weighted by atomic mass is 127. The van der Waals surface area contributed by atoms with Gasteiger partial charge in [-0.05, 0) is 59.2 Å². The van der Waals surface area contributed by atoms with Gasteiger partial charge in [0.15, 0.2) is 5.71 Å². The summed E-state index contributed by atoms with van der Waals surface area (Å²) in [5.41, 5.74) is 7.91. The molecular formula is C37H37IN2. The molecule has 0 aliphatic carbocycles. The summed E-state index contributed by atoms with van der Waals surface area (Å²) in [6.07, 6.45) is 15.2. The molecule has 0 unspecified atom stereocenters. The van der Waals surface area contributed by atoms with Crippen molar-refractivity contribution < 1.29 is 28.6 Å². The first-order valence-electron chi connectivity index (χ1n) is 13.8. The third-order valence-corrected chi connectivity index (χ3v) is 8.74. The van der Waals surface area contributed by atoms with Gasteiger partial charge in [0, 0.05) is 41.6 Å². The first kappa shape index (κ1) is 28.1. The average Bonchev–Trinajstić information content (AvgIpc) is 3.25. The molecule has 2 aliphatic heterocycles. The van der Waals surface area contributed by atoms with Crippen molar-refractivity contribution in [3.63, 3.8) is 0 Å². The van der Waals surface area contributed by atoms with Gasteiger partial charge in [0.2, 0.25) is 5.69 Å². The van der Waals surface area contributed by atoms with Crippen LogP contribution in [0.3, 0.4) is 0 Å². The molecule has 0 aromatic heterocycles. The lowest BCUT2D eigenvalue weighted by Crippen LogP contribution is -3.00. The number of hydrogen-bond acceptors (Lipinski definition) is 1. The number of likely N-dealkylation sites (N-methyl/N-ethyl adjacent to an activating group) is 1. The van der Waals surface area contributed by atoms with Gasteiger partial charge in [0.05, 0.1) is 5.41 Å². The van der Waals surface area contributed by atoms with E-state index in [0.717, 1.165) is 0 Å². The van der Waals surface area contributed by atoms with Crippen LogP contribution in [-0.4, -0.2) is 24.4 Å². The van der Waals surface area contributed by atoms with Gasteiger partial charge in [-0.2, -0.15) is 4.58 Å². The number of allylic oxidation sites excluding steroid dienone is 8. The summed E-state index contributed by atoms with van der Waals surface area (Å²) in [6.45, 7) is 9.33. The molecule has 6 rings (SSSR count). The molecule has 0 radical (unpaired) electrons. The number of hydrogen-bond donors (Lipinski definition) is 0. The molecule has 0 atom stereocenters. The molecule has 0 N–H and O–H groups in total. The van der Waals surface area contributed by atoms with Crippen LogP contribution in [0.15, 0.2) is 121 Å². The number of benzene rings is 4. The maximum Gasteiger partial charge on any atom is 0.210 e. The molecule has 4 aromatic carbocycles. The van der Waals surface area contributed by atoms with Crippen LogP contribution in [0.4, 0.5) is 11.4 Å². The van der Waals surface area contributed by atoms with Crippen molar-refractivity contribution in [3.8, 4) is 0 Å². The highest BCUT2D eigenvalue weighted by molar-refractivity contribution is 6.07. The topological polar surface area (TPSA) is 6.25 Å². The lowest BCUT2D eigenvalue weighted by molar-refractivity contribution is -0.401. The van der Waals surface area contributed by atoms with Gasteiger partial charge in [-0.25, -0.2) is 0 Å². The molecule has 0 saturated carbocycles. The molecule has 40 heavy (non-hydrogen) atoms. The van der Waals surface area contributed by atoms with E-state index in [0.29, 0.717) is 0 Å². The standard InChI is InChI=1S/C37H37N2.HI/c1-36(2)32(38(5)30-24-22-26-16-12-14-18-28(26)34(30)36)20-10-8-7-9-11-21-33-37(3,4)35-29-19-15-13-17-27(29)23-25-31(35)39(33)6;/h7-25H,1-6H3;1H/q+1;/p-1. The van der Waals surface area contributed by atoms with Gasteiger partial charge in [0.1, 0.15) is 7.05 Å². The van der Waals surface area contributed by atoms with Crippen LogP contribution in [0.25, 0.3) is 21.5 Å². The molecule has 3 heteroatoms. The third kappa shape index (κ3) is 4.35. The molecule has 0 fully saturated rings. The molecule has 0 amide bonds. The van der Waals surface area contributed by atoms with E-state index < -0.39 is 0 Å². The quantitative estimate of drug-likeness (QED) is 0.152. The van der Waals surface area contributed by atoms with Gasteiger partial charge >= 0.3 is 0 Å². The summed E-state index contributed by atoms with van der Waals surface area (Å²) in [6, 6.07) is 26.4. The second-order valence-corrected chi connectivity index (χ2v) is 11.8. The lowest BCUT2D eigenvalue weighted by atomic mass is 9.79. The smallest absolute Gasteiger partial charge is 0.210 e. The molecule has 0 spiro atoms. The van der Waals surface area contributed by atoms with Crippen LogP contribution in [0, 0.1) is 0 Å². The molecule has 2 aliphatic rings. The molecular weight excluding hydrogens is 599 g/mol. The van der Waals surface area contributed by atoms with Crippen molar-refractivity contribution in [1.82, 2.24) is 0 Å². The predicted molar refractivity (Wildman–Crippen MR) is 169 cm³/mol. The van der Waals surface area contributed by atoms with Crippen LogP contribution in [0.1, 0.15) is 38.8 Å². The first-order chi connectivity index (χ1) is 18.7. The molecule has 0 saturated heterocycles. The maximum atomic E-state index is 2.34. The molecule has 2 heterocycles. The van der Waals surface area contributed by atoms with Gasteiger partial charge < -0.3 is 28.9 Å². The Labute approximate surface area is 255 Å². The second-order valence-electron chi connectivity index (χ2n) is 11.8. The van der Waals surface area contributed by atoms with E-state index >= 15 is 0 Å². The van der Waals surface area contributed by atoms with E-state index in [-0.39, 0.29) is 34.8 Å². The number of fused-ring (bicyclic) bond motifs is 6.